The molecular weight excluding hydrogens is 238 g/mol. The molecule has 4 nitrogen and oxygen atoms in total. The topological polar surface area (TPSA) is 57.0 Å². The number of carbonyl (C=O) groups is 1. The molecule has 1 aromatic carbocycles. The van der Waals surface area contributed by atoms with Crippen LogP contribution in [0.25, 0.3) is 0 Å². The predicted molar refractivity (Wildman–Crippen MR) is 72.9 cm³/mol. The number of hydrogen-bond donors (Lipinski definition) is 0. The van der Waals surface area contributed by atoms with Gasteiger partial charge in [0.25, 0.3) is 5.91 Å². The van der Waals surface area contributed by atoms with E-state index in [1.165, 1.54) is 0 Å². The van der Waals surface area contributed by atoms with Crippen molar-refractivity contribution in [2.45, 2.75) is 6.92 Å². The highest BCUT2D eigenvalue weighted by Crippen LogP contribution is 2.16. The second-order valence-electron chi connectivity index (χ2n) is 4.21. The third-order valence-electron chi connectivity index (χ3n) is 2.83. The normalized spacial score (nSPS) is 9.74. The molecule has 0 saturated carbocycles. The Morgan fingerprint density at radius 2 is 1.95 bits per heavy atom. The second-order valence-corrected chi connectivity index (χ2v) is 4.21. The van der Waals surface area contributed by atoms with E-state index in [1.54, 1.807) is 54.5 Å². The monoisotopic (exact) mass is 251 g/mol. The van der Waals surface area contributed by atoms with E-state index in [0.717, 1.165) is 11.4 Å². The first-order valence-electron chi connectivity index (χ1n) is 5.82. The molecule has 2 aromatic rings. The van der Waals surface area contributed by atoms with Crippen LogP contribution >= 0.6 is 0 Å². The van der Waals surface area contributed by atoms with Crippen LogP contribution in [0.5, 0.6) is 0 Å². The lowest BCUT2D eigenvalue weighted by atomic mass is 10.1. The number of nitrogens with zero attached hydrogens (tertiary/aromatic N) is 3. The van der Waals surface area contributed by atoms with Crippen LogP contribution in [0.15, 0.2) is 42.6 Å². The summed E-state index contributed by atoms with van der Waals surface area (Å²) < 4.78 is 0. The predicted octanol–water partition coefficient (Wildman–Crippen LogP) is 2.54. The third-order valence-corrected chi connectivity index (χ3v) is 2.83. The van der Waals surface area contributed by atoms with Gasteiger partial charge in [0, 0.05) is 30.2 Å². The van der Waals surface area contributed by atoms with Crippen LogP contribution in [-0.4, -0.2) is 17.9 Å². The van der Waals surface area contributed by atoms with E-state index in [0.29, 0.717) is 11.1 Å². The highest BCUT2D eigenvalue weighted by molar-refractivity contribution is 6.05. The van der Waals surface area contributed by atoms with Crippen molar-refractivity contribution in [3.8, 4) is 6.07 Å². The SMILES string of the molecule is Cc1cc(C(=O)N(C)c2ccc(C#N)cc2)ccn1. The fourth-order valence-electron chi connectivity index (χ4n) is 1.75. The Labute approximate surface area is 111 Å². The largest absolute Gasteiger partial charge is 0.311 e. The quantitative estimate of drug-likeness (QED) is 0.824. The van der Waals surface area contributed by atoms with Crippen molar-refractivity contribution in [1.29, 1.82) is 5.26 Å². The minimum Gasteiger partial charge on any atom is -0.311 e. The molecule has 0 bridgehead atoms. The number of carbonyl (C=O) groups excluding carboxylic acids is 1. The second kappa shape index (κ2) is 5.32. The summed E-state index contributed by atoms with van der Waals surface area (Å²) in [6.45, 7) is 1.85. The van der Waals surface area contributed by atoms with Crippen molar-refractivity contribution in [2.75, 3.05) is 11.9 Å². The maximum absolute atomic E-state index is 12.3. The number of anilines is 1. The lowest BCUT2D eigenvalue weighted by molar-refractivity contribution is 0.0993. The fourth-order valence-corrected chi connectivity index (χ4v) is 1.75. The molecule has 0 unspecified atom stereocenters. The summed E-state index contributed by atoms with van der Waals surface area (Å²) in [6, 6.07) is 12.4. The first-order valence-corrected chi connectivity index (χ1v) is 5.82. The minimum absolute atomic E-state index is 0.102. The number of hydrogen-bond acceptors (Lipinski definition) is 3. The number of amides is 1. The molecule has 94 valence electrons. The zero-order valence-electron chi connectivity index (χ0n) is 10.8. The lowest BCUT2D eigenvalue weighted by Gasteiger charge is -2.17. The molecule has 1 heterocycles. The number of rotatable bonds is 2. The van der Waals surface area contributed by atoms with Gasteiger partial charge in [0.2, 0.25) is 0 Å². The van der Waals surface area contributed by atoms with Crippen molar-refractivity contribution in [1.82, 2.24) is 4.98 Å². The van der Waals surface area contributed by atoms with Gasteiger partial charge in [-0.25, -0.2) is 0 Å². The first-order chi connectivity index (χ1) is 9.11. The maximum atomic E-state index is 12.3. The van der Waals surface area contributed by atoms with Gasteiger partial charge in [0.1, 0.15) is 0 Å². The molecule has 0 N–H and O–H groups in total. The number of pyridine rings is 1. The summed E-state index contributed by atoms with van der Waals surface area (Å²) in [5.74, 6) is -0.102. The van der Waals surface area contributed by atoms with Crippen LogP contribution in [-0.2, 0) is 0 Å². The average Bonchev–Trinajstić information content (AvgIpc) is 2.46. The van der Waals surface area contributed by atoms with Crippen LogP contribution in [0.1, 0.15) is 21.6 Å². The average molecular weight is 251 g/mol. The van der Waals surface area contributed by atoms with Crippen LogP contribution in [0.3, 0.4) is 0 Å². The zero-order valence-corrected chi connectivity index (χ0v) is 10.8. The Morgan fingerprint density at radius 1 is 1.26 bits per heavy atom. The number of aryl methyl sites for hydroxylation is 1. The Morgan fingerprint density at radius 3 is 2.53 bits per heavy atom. The van der Waals surface area contributed by atoms with E-state index in [2.05, 4.69) is 4.98 Å². The van der Waals surface area contributed by atoms with Gasteiger partial charge in [-0.1, -0.05) is 0 Å². The molecule has 0 aliphatic heterocycles. The van der Waals surface area contributed by atoms with Gasteiger partial charge in [-0.15, -0.1) is 0 Å². The standard InChI is InChI=1S/C15H13N3O/c1-11-9-13(7-8-17-11)15(19)18(2)14-5-3-12(10-16)4-6-14/h3-9H,1-2H3. The Kier molecular flexibility index (Phi) is 3.58. The number of aromatic nitrogens is 1. The van der Waals surface area contributed by atoms with E-state index in [1.807, 2.05) is 13.0 Å². The Hall–Kier alpha value is -2.67. The summed E-state index contributed by atoms with van der Waals surface area (Å²) in [5, 5.41) is 8.75. The fraction of sp³-hybridized carbons (Fsp3) is 0.133. The van der Waals surface area contributed by atoms with Crippen molar-refractivity contribution in [3.63, 3.8) is 0 Å². The van der Waals surface area contributed by atoms with E-state index in [9.17, 15) is 4.79 Å². The molecule has 1 aromatic heterocycles. The summed E-state index contributed by atoms with van der Waals surface area (Å²) >= 11 is 0. The van der Waals surface area contributed by atoms with E-state index in [-0.39, 0.29) is 5.91 Å². The van der Waals surface area contributed by atoms with Gasteiger partial charge in [0.05, 0.1) is 11.6 Å². The zero-order chi connectivity index (χ0) is 13.8. The van der Waals surface area contributed by atoms with Gasteiger partial charge < -0.3 is 4.90 Å². The van der Waals surface area contributed by atoms with Crippen LogP contribution in [0, 0.1) is 18.3 Å². The van der Waals surface area contributed by atoms with Gasteiger partial charge in [-0.2, -0.15) is 5.26 Å². The van der Waals surface area contributed by atoms with Gasteiger partial charge in [0.15, 0.2) is 0 Å². The lowest BCUT2D eigenvalue weighted by Crippen LogP contribution is -2.26. The van der Waals surface area contributed by atoms with Crippen molar-refractivity contribution in [2.24, 2.45) is 0 Å². The van der Waals surface area contributed by atoms with Gasteiger partial charge >= 0.3 is 0 Å². The van der Waals surface area contributed by atoms with Crippen LogP contribution in [0.4, 0.5) is 5.69 Å². The van der Waals surface area contributed by atoms with Crippen LogP contribution in [0.2, 0.25) is 0 Å². The molecule has 0 spiro atoms. The van der Waals surface area contributed by atoms with E-state index >= 15 is 0 Å². The molecule has 0 saturated heterocycles. The van der Waals surface area contributed by atoms with E-state index < -0.39 is 0 Å². The molecule has 4 heteroatoms. The Balaban J connectivity index is 2.26. The summed E-state index contributed by atoms with van der Waals surface area (Å²) in [5.41, 5.74) is 2.72. The first kappa shape index (κ1) is 12.8. The molecular formula is C15H13N3O. The molecule has 0 aliphatic carbocycles. The molecule has 1 amide bonds. The summed E-state index contributed by atoms with van der Waals surface area (Å²) in [7, 11) is 1.71. The van der Waals surface area contributed by atoms with Crippen LogP contribution < -0.4 is 4.90 Å². The smallest absolute Gasteiger partial charge is 0.258 e. The summed E-state index contributed by atoms with van der Waals surface area (Å²) in [6.07, 6.45) is 1.62. The molecule has 0 radical (unpaired) electrons. The number of benzene rings is 1. The van der Waals surface area contributed by atoms with Crippen molar-refractivity contribution in [3.05, 3.63) is 59.4 Å². The molecule has 19 heavy (non-hydrogen) atoms. The highest BCUT2D eigenvalue weighted by atomic mass is 16.2. The third kappa shape index (κ3) is 2.78. The molecule has 0 aliphatic rings. The Bertz CT molecular complexity index is 641. The van der Waals surface area contributed by atoms with Crippen molar-refractivity contribution >= 4 is 11.6 Å². The van der Waals surface area contributed by atoms with Gasteiger partial charge in [-0.3, -0.25) is 9.78 Å². The highest BCUT2D eigenvalue weighted by Gasteiger charge is 2.13. The summed E-state index contributed by atoms with van der Waals surface area (Å²) in [4.78, 5) is 17.9. The van der Waals surface area contributed by atoms with Gasteiger partial charge in [-0.05, 0) is 43.3 Å². The van der Waals surface area contributed by atoms with E-state index in [4.69, 9.17) is 5.26 Å². The molecule has 2 rings (SSSR count). The molecule has 0 atom stereocenters. The number of nitriles is 1. The minimum atomic E-state index is -0.102. The maximum Gasteiger partial charge on any atom is 0.258 e. The molecule has 0 fully saturated rings. The van der Waals surface area contributed by atoms with Crippen molar-refractivity contribution < 1.29 is 4.79 Å².